The number of aromatic nitrogens is 1. The highest BCUT2D eigenvalue weighted by Gasteiger charge is 2.23. The van der Waals surface area contributed by atoms with Gasteiger partial charge in [0.15, 0.2) is 0 Å². The lowest BCUT2D eigenvalue weighted by Crippen LogP contribution is -2.45. The zero-order valence-corrected chi connectivity index (χ0v) is 16.2. The summed E-state index contributed by atoms with van der Waals surface area (Å²) >= 11 is 0. The number of rotatable bonds is 11. The van der Waals surface area contributed by atoms with E-state index < -0.39 is 12.0 Å². The average Bonchev–Trinajstić information content (AvgIpc) is 3.04. The summed E-state index contributed by atoms with van der Waals surface area (Å²) in [5, 5.41) is 4.24. The first kappa shape index (κ1) is 21.5. The monoisotopic (exact) mass is 385 g/mol. The smallest absolute Gasteiger partial charge is 0.323 e. The van der Waals surface area contributed by atoms with Gasteiger partial charge < -0.3 is 26.3 Å². The van der Waals surface area contributed by atoms with E-state index in [2.05, 4.69) is 15.1 Å². The number of nitrogens with two attached hydrogens (primary N) is 1. The summed E-state index contributed by atoms with van der Waals surface area (Å²) in [6, 6.07) is 7.12. The Morgan fingerprint density at radius 3 is 2.82 bits per heavy atom. The zero-order valence-electron chi connectivity index (χ0n) is 16.2. The third-order valence-corrected chi connectivity index (χ3v) is 4.30. The molecular formula is C20H27N5O3. The van der Waals surface area contributed by atoms with Crippen molar-refractivity contribution in [3.8, 4) is 0 Å². The van der Waals surface area contributed by atoms with Crippen LogP contribution in [0.5, 0.6) is 0 Å². The van der Waals surface area contributed by atoms with E-state index in [0.29, 0.717) is 13.0 Å². The molecule has 2 rings (SSSR count). The van der Waals surface area contributed by atoms with Crippen LogP contribution in [-0.2, 0) is 20.7 Å². The quantitative estimate of drug-likeness (QED) is 0.234. The number of ketones is 1. The lowest BCUT2D eigenvalue weighted by molar-refractivity contribution is -0.150. The van der Waals surface area contributed by atoms with Gasteiger partial charge in [0.1, 0.15) is 6.04 Å². The molecule has 2 unspecified atom stereocenters. The molecule has 2 atom stereocenters. The van der Waals surface area contributed by atoms with Crippen molar-refractivity contribution in [3.05, 3.63) is 41.6 Å². The Labute approximate surface area is 164 Å². The molecule has 1 aromatic carbocycles. The van der Waals surface area contributed by atoms with Crippen LogP contribution in [0.15, 0.2) is 30.5 Å². The van der Waals surface area contributed by atoms with Crippen molar-refractivity contribution in [1.29, 1.82) is 0 Å². The number of para-hydroxylation sites is 1. The lowest BCUT2D eigenvalue weighted by Gasteiger charge is -2.21. The van der Waals surface area contributed by atoms with Gasteiger partial charge >= 0.3 is 12.2 Å². The van der Waals surface area contributed by atoms with Gasteiger partial charge in [0.05, 0.1) is 6.10 Å². The van der Waals surface area contributed by atoms with E-state index >= 15 is 0 Å². The molecule has 150 valence electrons. The van der Waals surface area contributed by atoms with Gasteiger partial charge in [-0.1, -0.05) is 18.2 Å². The molecular weight excluding hydrogens is 358 g/mol. The van der Waals surface area contributed by atoms with Crippen molar-refractivity contribution in [2.45, 2.75) is 51.3 Å². The Morgan fingerprint density at radius 2 is 2.11 bits per heavy atom. The number of carbonyl (C=O) groups is 2. The normalized spacial score (nSPS) is 13.1. The molecule has 0 aliphatic rings. The molecule has 0 amide bonds. The van der Waals surface area contributed by atoms with E-state index in [4.69, 9.17) is 16.0 Å². The maximum atomic E-state index is 12.3. The SMILES string of the molecule is CC(C)OC(=O)C(CCC(=O)C=[N+]=[N-])NCC(N)Cc1c[nH]c2ccccc12. The second-order valence-corrected chi connectivity index (χ2v) is 7.02. The largest absolute Gasteiger partial charge is 0.462 e. The fourth-order valence-corrected chi connectivity index (χ4v) is 2.98. The van der Waals surface area contributed by atoms with E-state index in [1.807, 2.05) is 30.5 Å². The highest BCUT2D eigenvalue weighted by atomic mass is 16.5. The number of hydrogen-bond donors (Lipinski definition) is 3. The fourth-order valence-electron chi connectivity index (χ4n) is 2.98. The number of hydrogen-bond acceptors (Lipinski definition) is 5. The molecule has 0 saturated heterocycles. The third-order valence-electron chi connectivity index (χ3n) is 4.30. The van der Waals surface area contributed by atoms with Gasteiger partial charge in [-0.15, -0.1) is 0 Å². The summed E-state index contributed by atoms with van der Waals surface area (Å²) in [4.78, 5) is 29.8. The molecule has 0 aliphatic carbocycles. The van der Waals surface area contributed by atoms with E-state index in [1.54, 1.807) is 13.8 Å². The Bertz CT molecular complexity index is 854. The van der Waals surface area contributed by atoms with Crippen molar-refractivity contribution < 1.29 is 19.1 Å². The van der Waals surface area contributed by atoms with Gasteiger partial charge in [0.2, 0.25) is 5.78 Å². The zero-order chi connectivity index (χ0) is 20.5. The summed E-state index contributed by atoms with van der Waals surface area (Å²) in [6.07, 6.45) is 3.45. The van der Waals surface area contributed by atoms with Crippen molar-refractivity contribution in [2.75, 3.05) is 6.54 Å². The molecule has 28 heavy (non-hydrogen) atoms. The maximum Gasteiger partial charge on any atom is 0.323 e. The average molecular weight is 385 g/mol. The Balaban J connectivity index is 1.95. The summed E-state index contributed by atoms with van der Waals surface area (Å²) in [6.45, 7) is 3.92. The predicted molar refractivity (Wildman–Crippen MR) is 107 cm³/mol. The van der Waals surface area contributed by atoms with Crippen molar-refractivity contribution in [1.82, 2.24) is 10.3 Å². The van der Waals surface area contributed by atoms with Gasteiger partial charge in [0, 0.05) is 36.1 Å². The minimum absolute atomic E-state index is 0.0621. The number of esters is 1. The van der Waals surface area contributed by atoms with Crippen LogP contribution in [0.4, 0.5) is 0 Å². The number of benzene rings is 1. The molecule has 0 aliphatic heterocycles. The second-order valence-electron chi connectivity index (χ2n) is 7.02. The minimum atomic E-state index is -0.660. The van der Waals surface area contributed by atoms with E-state index in [0.717, 1.165) is 22.7 Å². The maximum absolute atomic E-state index is 12.3. The van der Waals surface area contributed by atoms with Crippen molar-refractivity contribution in [3.63, 3.8) is 0 Å². The first-order chi connectivity index (χ1) is 13.4. The highest BCUT2D eigenvalue weighted by Crippen LogP contribution is 2.18. The van der Waals surface area contributed by atoms with Crippen LogP contribution in [0.2, 0.25) is 0 Å². The number of H-pyrrole nitrogens is 1. The number of carbonyl (C=O) groups excluding carboxylic acids is 2. The van der Waals surface area contributed by atoms with Gasteiger partial charge in [-0.25, -0.2) is 0 Å². The van der Waals surface area contributed by atoms with Gasteiger partial charge in [-0.05, 0) is 38.3 Å². The van der Waals surface area contributed by atoms with E-state index in [9.17, 15) is 9.59 Å². The van der Waals surface area contributed by atoms with E-state index in [1.165, 1.54) is 0 Å². The second kappa shape index (κ2) is 10.5. The molecule has 1 heterocycles. The van der Waals surface area contributed by atoms with Gasteiger partial charge in [0.25, 0.3) is 0 Å². The minimum Gasteiger partial charge on any atom is -0.462 e. The Kier molecular flexibility index (Phi) is 8.07. The van der Waals surface area contributed by atoms with Crippen LogP contribution in [0, 0.1) is 0 Å². The summed E-state index contributed by atoms with van der Waals surface area (Å²) in [5.41, 5.74) is 16.9. The summed E-state index contributed by atoms with van der Waals surface area (Å²) in [7, 11) is 0. The van der Waals surface area contributed by atoms with E-state index in [-0.39, 0.29) is 30.8 Å². The fraction of sp³-hybridized carbons (Fsp3) is 0.450. The first-order valence-electron chi connectivity index (χ1n) is 9.35. The number of fused-ring (bicyclic) bond motifs is 1. The molecule has 0 spiro atoms. The molecule has 2 aromatic rings. The standard InChI is InChI=1S/C20H27N5O3/c1-13(2)28-20(27)19(8-7-16(26)12-25-22)24-11-15(21)9-14-10-23-18-6-4-3-5-17(14)18/h3-6,10,12-13,15,19,23-24H,7-9,11,21H2,1-2H3. The van der Waals surface area contributed by atoms with Gasteiger partial charge in [-0.2, -0.15) is 4.79 Å². The highest BCUT2D eigenvalue weighted by molar-refractivity contribution is 6.25. The summed E-state index contributed by atoms with van der Waals surface area (Å²) < 4.78 is 5.26. The Hall–Kier alpha value is -2.80. The number of nitrogens with one attached hydrogen (secondary N) is 2. The Morgan fingerprint density at radius 1 is 1.36 bits per heavy atom. The topological polar surface area (TPSA) is 134 Å². The molecule has 8 nitrogen and oxygen atoms in total. The van der Waals surface area contributed by atoms with Crippen molar-refractivity contribution in [2.24, 2.45) is 5.73 Å². The summed E-state index contributed by atoms with van der Waals surface area (Å²) in [5.74, 6) is -0.794. The molecule has 0 radical (unpaired) electrons. The molecule has 0 saturated carbocycles. The first-order valence-corrected chi connectivity index (χ1v) is 9.35. The molecule has 8 heteroatoms. The van der Waals surface area contributed by atoms with Crippen LogP contribution < -0.4 is 11.1 Å². The number of aromatic amines is 1. The van der Waals surface area contributed by atoms with Crippen LogP contribution >= 0.6 is 0 Å². The molecule has 0 fully saturated rings. The number of ether oxygens (including phenoxy) is 1. The predicted octanol–water partition coefficient (Wildman–Crippen LogP) is 1.60. The molecule has 4 N–H and O–H groups in total. The van der Waals surface area contributed by atoms with Crippen LogP contribution in [0.1, 0.15) is 32.3 Å². The van der Waals surface area contributed by atoms with Gasteiger partial charge in [-0.3, -0.25) is 9.59 Å². The van der Waals surface area contributed by atoms with Crippen molar-refractivity contribution >= 4 is 28.9 Å². The van der Waals surface area contributed by atoms with Crippen LogP contribution in [0.3, 0.4) is 0 Å². The molecule has 1 aromatic heterocycles. The van der Waals surface area contributed by atoms with Crippen LogP contribution in [0.25, 0.3) is 16.4 Å². The van der Waals surface area contributed by atoms with Crippen LogP contribution in [-0.4, -0.2) is 52.5 Å². The molecule has 0 bridgehead atoms. The third kappa shape index (κ3) is 6.42. The number of Topliss-reactive ketones (excluding diaryl/α,β-unsaturated/α-hetero) is 1. The number of nitrogens with zero attached hydrogens (tertiary/aromatic N) is 2. The lowest BCUT2D eigenvalue weighted by atomic mass is 10.0.